The highest BCUT2D eigenvalue weighted by Crippen LogP contribution is 2.12. The van der Waals surface area contributed by atoms with Gasteiger partial charge in [-0.25, -0.2) is 9.78 Å². The minimum absolute atomic E-state index is 0.126. The standard InChI is InChI=1S/C24H23N5O2/c1-17(2)13-27-16-26-22-21(27)23(30)29(15-20-10-8-18(12-25)9-11-20)24(31)28(22)14-19-6-4-3-5-7-19/h3-11,16-17H,13-15H2,1-2H3. The first-order valence-corrected chi connectivity index (χ1v) is 10.2. The van der Waals surface area contributed by atoms with E-state index in [1.165, 1.54) is 4.57 Å². The summed E-state index contributed by atoms with van der Waals surface area (Å²) in [5.74, 6) is 0.318. The Balaban J connectivity index is 1.90. The Labute approximate surface area is 179 Å². The number of hydrogen-bond acceptors (Lipinski definition) is 4. The first-order valence-electron chi connectivity index (χ1n) is 10.2. The predicted molar refractivity (Wildman–Crippen MR) is 119 cm³/mol. The number of benzene rings is 2. The zero-order valence-corrected chi connectivity index (χ0v) is 17.5. The molecule has 0 aliphatic carbocycles. The summed E-state index contributed by atoms with van der Waals surface area (Å²) >= 11 is 0. The molecule has 156 valence electrons. The number of hydrogen-bond donors (Lipinski definition) is 0. The molecule has 2 heterocycles. The maximum Gasteiger partial charge on any atom is 0.333 e. The number of rotatable bonds is 6. The highest BCUT2D eigenvalue weighted by Gasteiger charge is 2.19. The average molecular weight is 413 g/mol. The monoisotopic (exact) mass is 413 g/mol. The van der Waals surface area contributed by atoms with E-state index in [1.807, 2.05) is 34.9 Å². The van der Waals surface area contributed by atoms with E-state index in [0.29, 0.717) is 35.7 Å². The molecule has 4 aromatic rings. The number of nitrogens with zero attached hydrogens (tertiary/aromatic N) is 5. The van der Waals surface area contributed by atoms with E-state index in [2.05, 4.69) is 24.9 Å². The van der Waals surface area contributed by atoms with E-state index in [0.717, 1.165) is 11.1 Å². The van der Waals surface area contributed by atoms with Crippen molar-refractivity contribution in [2.24, 2.45) is 5.92 Å². The Morgan fingerprint density at radius 3 is 2.23 bits per heavy atom. The molecule has 7 nitrogen and oxygen atoms in total. The molecule has 0 aliphatic heterocycles. The Morgan fingerprint density at radius 1 is 0.935 bits per heavy atom. The summed E-state index contributed by atoms with van der Waals surface area (Å²) in [6, 6.07) is 18.6. The van der Waals surface area contributed by atoms with E-state index < -0.39 is 5.69 Å². The summed E-state index contributed by atoms with van der Waals surface area (Å²) in [6.07, 6.45) is 1.64. The topological polar surface area (TPSA) is 85.6 Å². The lowest BCUT2D eigenvalue weighted by Crippen LogP contribution is -2.41. The minimum Gasteiger partial charge on any atom is -0.324 e. The molecule has 0 saturated heterocycles. The molecule has 0 fully saturated rings. The molecule has 31 heavy (non-hydrogen) atoms. The highest BCUT2D eigenvalue weighted by molar-refractivity contribution is 5.70. The quantitative estimate of drug-likeness (QED) is 0.486. The zero-order chi connectivity index (χ0) is 22.0. The van der Waals surface area contributed by atoms with Gasteiger partial charge in [-0.05, 0) is 29.2 Å². The predicted octanol–water partition coefficient (Wildman–Crippen LogP) is 2.98. The summed E-state index contributed by atoms with van der Waals surface area (Å²) in [5, 5.41) is 9.01. The molecule has 2 aromatic heterocycles. The molecule has 0 N–H and O–H groups in total. The molecule has 0 saturated carbocycles. The molecule has 0 spiro atoms. The van der Waals surface area contributed by atoms with E-state index in [1.54, 1.807) is 35.2 Å². The maximum absolute atomic E-state index is 13.4. The summed E-state index contributed by atoms with van der Waals surface area (Å²) in [6.45, 7) is 5.22. The number of imidazole rings is 1. The maximum atomic E-state index is 13.4. The first kappa shape index (κ1) is 20.4. The molecule has 0 atom stereocenters. The van der Waals surface area contributed by atoms with Gasteiger partial charge in [0.05, 0.1) is 31.0 Å². The second-order valence-electron chi connectivity index (χ2n) is 8.02. The molecule has 0 bridgehead atoms. The molecular formula is C24H23N5O2. The Kier molecular flexibility index (Phi) is 5.54. The third-order valence-corrected chi connectivity index (χ3v) is 5.15. The molecule has 0 amide bonds. The van der Waals surface area contributed by atoms with Crippen molar-refractivity contribution < 1.29 is 0 Å². The Morgan fingerprint density at radius 2 is 1.58 bits per heavy atom. The van der Waals surface area contributed by atoms with Crippen LogP contribution in [0.3, 0.4) is 0 Å². The van der Waals surface area contributed by atoms with Crippen LogP contribution in [0.1, 0.15) is 30.5 Å². The molecule has 4 rings (SSSR count). The molecule has 0 unspecified atom stereocenters. The highest BCUT2D eigenvalue weighted by atomic mass is 16.2. The van der Waals surface area contributed by atoms with Crippen molar-refractivity contribution in [2.45, 2.75) is 33.5 Å². The van der Waals surface area contributed by atoms with Crippen LogP contribution >= 0.6 is 0 Å². The molecule has 0 radical (unpaired) electrons. The second kappa shape index (κ2) is 8.44. The van der Waals surface area contributed by atoms with Crippen LogP contribution < -0.4 is 11.2 Å². The summed E-state index contributed by atoms with van der Waals surface area (Å²) in [7, 11) is 0. The van der Waals surface area contributed by atoms with Crippen LogP contribution in [0, 0.1) is 17.2 Å². The lowest BCUT2D eigenvalue weighted by molar-refractivity contribution is 0.529. The van der Waals surface area contributed by atoms with Gasteiger partial charge in [-0.3, -0.25) is 13.9 Å². The summed E-state index contributed by atoms with van der Waals surface area (Å²) < 4.78 is 4.65. The molecule has 7 heteroatoms. The van der Waals surface area contributed by atoms with Gasteiger partial charge in [-0.2, -0.15) is 5.26 Å². The van der Waals surface area contributed by atoms with Gasteiger partial charge in [0.2, 0.25) is 0 Å². The van der Waals surface area contributed by atoms with Crippen LogP contribution in [0.2, 0.25) is 0 Å². The summed E-state index contributed by atoms with van der Waals surface area (Å²) in [4.78, 5) is 31.2. The van der Waals surface area contributed by atoms with Gasteiger partial charge in [0, 0.05) is 6.54 Å². The molecule has 2 aromatic carbocycles. The van der Waals surface area contributed by atoms with Gasteiger partial charge in [0.1, 0.15) is 0 Å². The third-order valence-electron chi connectivity index (χ3n) is 5.15. The van der Waals surface area contributed by atoms with Gasteiger partial charge < -0.3 is 4.57 Å². The van der Waals surface area contributed by atoms with Gasteiger partial charge in [0.15, 0.2) is 11.2 Å². The van der Waals surface area contributed by atoms with E-state index in [4.69, 9.17) is 5.26 Å². The average Bonchev–Trinajstić information content (AvgIpc) is 3.18. The fraction of sp³-hybridized carbons (Fsp3) is 0.250. The van der Waals surface area contributed by atoms with Crippen LogP contribution in [0.15, 0.2) is 70.5 Å². The Bertz CT molecular complexity index is 1370. The fourth-order valence-corrected chi connectivity index (χ4v) is 3.69. The lowest BCUT2D eigenvalue weighted by Gasteiger charge is -2.13. The van der Waals surface area contributed by atoms with Crippen molar-refractivity contribution in [2.75, 3.05) is 0 Å². The van der Waals surface area contributed by atoms with Crippen LogP contribution in [-0.2, 0) is 19.6 Å². The largest absolute Gasteiger partial charge is 0.333 e. The zero-order valence-electron chi connectivity index (χ0n) is 17.5. The molecular weight excluding hydrogens is 390 g/mol. The van der Waals surface area contributed by atoms with Gasteiger partial charge in [-0.15, -0.1) is 0 Å². The van der Waals surface area contributed by atoms with Crippen molar-refractivity contribution in [1.82, 2.24) is 18.7 Å². The van der Waals surface area contributed by atoms with Crippen molar-refractivity contribution in [1.29, 1.82) is 5.26 Å². The van der Waals surface area contributed by atoms with Crippen LogP contribution in [0.4, 0.5) is 0 Å². The van der Waals surface area contributed by atoms with E-state index >= 15 is 0 Å². The number of aromatic nitrogens is 4. The van der Waals surface area contributed by atoms with Crippen LogP contribution in [0.5, 0.6) is 0 Å². The normalized spacial score (nSPS) is 11.2. The van der Waals surface area contributed by atoms with Crippen molar-refractivity contribution in [3.05, 3.63) is 98.5 Å². The van der Waals surface area contributed by atoms with Crippen molar-refractivity contribution in [3.8, 4) is 6.07 Å². The Hall–Kier alpha value is -3.92. The van der Waals surface area contributed by atoms with Crippen molar-refractivity contribution >= 4 is 11.2 Å². The number of fused-ring (bicyclic) bond motifs is 1. The minimum atomic E-state index is -0.402. The SMILES string of the molecule is CC(C)Cn1cnc2c1c(=O)n(Cc1ccc(C#N)cc1)c(=O)n2Cc1ccccc1. The second-order valence-corrected chi connectivity index (χ2v) is 8.02. The van der Waals surface area contributed by atoms with Gasteiger partial charge in [-0.1, -0.05) is 56.3 Å². The fourth-order valence-electron chi connectivity index (χ4n) is 3.69. The van der Waals surface area contributed by atoms with Crippen molar-refractivity contribution in [3.63, 3.8) is 0 Å². The third kappa shape index (κ3) is 4.05. The number of nitriles is 1. The van der Waals surface area contributed by atoms with Gasteiger partial charge in [0.25, 0.3) is 5.56 Å². The van der Waals surface area contributed by atoms with Crippen LogP contribution in [-0.4, -0.2) is 18.7 Å². The van der Waals surface area contributed by atoms with Gasteiger partial charge >= 0.3 is 5.69 Å². The lowest BCUT2D eigenvalue weighted by atomic mass is 10.1. The van der Waals surface area contributed by atoms with E-state index in [-0.39, 0.29) is 12.1 Å². The summed E-state index contributed by atoms with van der Waals surface area (Å²) in [5.41, 5.74) is 2.33. The molecule has 0 aliphatic rings. The first-order chi connectivity index (χ1) is 15.0. The van der Waals surface area contributed by atoms with E-state index in [9.17, 15) is 9.59 Å². The smallest absolute Gasteiger partial charge is 0.324 e. The van der Waals surface area contributed by atoms with Crippen LogP contribution in [0.25, 0.3) is 11.2 Å².